The molecule has 2 saturated carbocycles. The van der Waals surface area contributed by atoms with Crippen molar-refractivity contribution < 1.29 is 20.1 Å². The molecule has 0 aliphatic heterocycles. The number of hydrogen-bond donors (Lipinski definition) is 3. The van der Waals surface area contributed by atoms with E-state index in [2.05, 4.69) is 6.58 Å². The predicted molar refractivity (Wildman–Crippen MR) is 71.6 cm³/mol. The molecule has 5 atom stereocenters. The van der Waals surface area contributed by atoms with Crippen LogP contribution in [-0.2, 0) is 4.79 Å². The van der Waals surface area contributed by atoms with E-state index in [0.29, 0.717) is 19.3 Å². The molecule has 0 spiro atoms. The van der Waals surface area contributed by atoms with Crippen molar-refractivity contribution in [1.82, 2.24) is 0 Å². The van der Waals surface area contributed by atoms with Gasteiger partial charge in [-0.25, -0.2) is 4.79 Å². The number of fused-ring (bicyclic) bond motifs is 1. The van der Waals surface area contributed by atoms with E-state index >= 15 is 0 Å². The molecule has 2 aliphatic rings. The van der Waals surface area contributed by atoms with E-state index in [4.69, 9.17) is 5.11 Å². The van der Waals surface area contributed by atoms with Crippen molar-refractivity contribution in [1.29, 1.82) is 0 Å². The van der Waals surface area contributed by atoms with Crippen LogP contribution in [0.25, 0.3) is 0 Å². The van der Waals surface area contributed by atoms with Gasteiger partial charge in [0, 0.05) is 11.0 Å². The van der Waals surface area contributed by atoms with Gasteiger partial charge in [0.15, 0.2) is 0 Å². The molecule has 0 amide bonds. The molecular formula is C15H24O4. The first-order chi connectivity index (χ1) is 8.72. The first-order valence-corrected chi connectivity index (χ1v) is 7.05. The summed E-state index contributed by atoms with van der Waals surface area (Å²) in [5.41, 5.74) is -1.32. The van der Waals surface area contributed by atoms with Gasteiger partial charge in [-0.2, -0.15) is 0 Å². The van der Waals surface area contributed by atoms with E-state index < -0.39 is 23.1 Å². The van der Waals surface area contributed by atoms with Crippen molar-refractivity contribution in [2.75, 3.05) is 0 Å². The van der Waals surface area contributed by atoms with Crippen molar-refractivity contribution >= 4 is 5.97 Å². The predicted octanol–water partition coefficient (Wildman–Crippen LogP) is 1.96. The van der Waals surface area contributed by atoms with Crippen LogP contribution in [0.3, 0.4) is 0 Å². The first kappa shape index (κ1) is 14.5. The molecule has 2 aliphatic carbocycles. The molecule has 0 bridgehead atoms. The van der Waals surface area contributed by atoms with Crippen LogP contribution in [0.4, 0.5) is 0 Å². The molecule has 0 aromatic rings. The average molecular weight is 268 g/mol. The first-order valence-electron chi connectivity index (χ1n) is 7.05. The molecule has 108 valence electrons. The zero-order valence-corrected chi connectivity index (χ0v) is 11.7. The lowest BCUT2D eigenvalue weighted by molar-refractivity contribution is -0.135. The summed E-state index contributed by atoms with van der Waals surface area (Å²) in [6, 6.07) is 0. The molecule has 3 N–H and O–H groups in total. The molecular weight excluding hydrogens is 244 g/mol. The van der Waals surface area contributed by atoms with E-state index in [1.807, 2.05) is 13.8 Å². The molecule has 0 aromatic carbocycles. The number of rotatable bonds is 2. The van der Waals surface area contributed by atoms with Crippen molar-refractivity contribution in [3.63, 3.8) is 0 Å². The summed E-state index contributed by atoms with van der Waals surface area (Å²) < 4.78 is 0. The maximum Gasteiger partial charge on any atom is 0.331 e. The van der Waals surface area contributed by atoms with Gasteiger partial charge in [0.05, 0.1) is 11.7 Å². The van der Waals surface area contributed by atoms with Gasteiger partial charge in [-0.15, -0.1) is 0 Å². The Kier molecular flexibility index (Phi) is 3.52. The fraction of sp³-hybridized carbons (Fsp3) is 0.800. The summed E-state index contributed by atoms with van der Waals surface area (Å²) in [4.78, 5) is 11.1. The lowest BCUT2D eigenvalue weighted by atomic mass is 9.66. The highest BCUT2D eigenvalue weighted by atomic mass is 16.4. The average Bonchev–Trinajstić information content (AvgIpc) is 2.52. The van der Waals surface area contributed by atoms with Crippen LogP contribution in [-0.4, -0.2) is 33.0 Å². The van der Waals surface area contributed by atoms with Crippen LogP contribution in [0.1, 0.15) is 46.0 Å². The van der Waals surface area contributed by atoms with Gasteiger partial charge in [0.1, 0.15) is 0 Å². The topological polar surface area (TPSA) is 77.8 Å². The highest BCUT2D eigenvalue weighted by Crippen LogP contribution is 2.57. The normalized spacial score (nSPS) is 46.4. The largest absolute Gasteiger partial charge is 0.478 e. The molecule has 4 nitrogen and oxygen atoms in total. The summed E-state index contributed by atoms with van der Waals surface area (Å²) in [5.74, 6) is -1.06. The monoisotopic (exact) mass is 268 g/mol. The van der Waals surface area contributed by atoms with Crippen LogP contribution in [0, 0.1) is 17.3 Å². The van der Waals surface area contributed by atoms with Crippen molar-refractivity contribution in [2.45, 2.75) is 57.7 Å². The fourth-order valence-corrected chi connectivity index (χ4v) is 4.15. The maximum absolute atomic E-state index is 11.1. The Balaban J connectivity index is 2.35. The highest BCUT2D eigenvalue weighted by molar-refractivity contribution is 5.86. The van der Waals surface area contributed by atoms with Crippen LogP contribution in [0.2, 0.25) is 0 Å². The van der Waals surface area contributed by atoms with Crippen LogP contribution in [0.15, 0.2) is 12.2 Å². The summed E-state index contributed by atoms with van der Waals surface area (Å²) in [7, 11) is 0. The third-order valence-corrected chi connectivity index (χ3v) is 5.72. The zero-order chi connectivity index (χ0) is 14.4. The van der Waals surface area contributed by atoms with Crippen molar-refractivity contribution in [3.8, 4) is 0 Å². The number of aliphatic carboxylic acids is 1. The molecule has 2 rings (SSSR count). The van der Waals surface area contributed by atoms with Crippen LogP contribution < -0.4 is 0 Å². The molecule has 0 saturated heterocycles. The minimum atomic E-state index is -0.973. The Morgan fingerprint density at radius 3 is 2.53 bits per heavy atom. The summed E-state index contributed by atoms with van der Waals surface area (Å²) in [5, 5.41) is 30.4. The minimum Gasteiger partial charge on any atom is -0.478 e. The summed E-state index contributed by atoms with van der Waals surface area (Å²) in [6.07, 6.45) is 2.61. The van der Waals surface area contributed by atoms with E-state index in [9.17, 15) is 15.0 Å². The maximum atomic E-state index is 11.1. The standard InChI is InChI=1S/C15H24O4/c1-9-4-5-11(10(2)13(17)18)8-14(3)12(16)6-7-15(9,14)19/h9,11-12,16,19H,2,4-8H2,1,3H3,(H,17,18). The van der Waals surface area contributed by atoms with Gasteiger partial charge in [-0.1, -0.05) is 20.4 Å². The zero-order valence-electron chi connectivity index (χ0n) is 11.7. The summed E-state index contributed by atoms with van der Waals surface area (Å²) >= 11 is 0. The number of aliphatic hydroxyl groups is 2. The molecule has 4 heteroatoms. The molecule has 19 heavy (non-hydrogen) atoms. The van der Waals surface area contributed by atoms with Crippen LogP contribution in [0.5, 0.6) is 0 Å². The van der Waals surface area contributed by atoms with Gasteiger partial charge < -0.3 is 15.3 Å². The summed E-state index contributed by atoms with van der Waals surface area (Å²) in [6.45, 7) is 7.57. The van der Waals surface area contributed by atoms with Crippen molar-refractivity contribution in [3.05, 3.63) is 12.2 Å². The lowest BCUT2D eigenvalue weighted by Crippen LogP contribution is -2.50. The van der Waals surface area contributed by atoms with E-state index in [1.165, 1.54) is 0 Å². The second-order valence-electron chi connectivity index (χ2n) is 6.61. The molecule has 2 fully saturated rings. The number of carboxylic acid groups (broad SMARTS) is 1. The smallest absolute Gasteiger partial charge is 0.331 e. The fourth-order valence-electron chi connectivity index (χ4n) is 4.15. The second kappa shape index (κ2) is 4.60. The number of aliphatic hydroxyl groups excluding tert-OH is 1. The van der Waals surface area contributed by atoms with E-state index in [1.54, 1.807) is 0 Å². The lowest BCUT2D eigenvalue weighted by Gasteiger charge is -2.44. The third-order valence-electron chi connectivity index (χ3n) is 5.72. The second-order valence-corrected chi connectivity index (χ2v) is 6.61. The Hall–Kier alpha value is -0.870. The Bertz CT molecular complexity index is 405. The minimum absolute atomic E-state index is 0.0706. The van der Waals surface area contributed by atoms with E-state index in [-0.39, 0.29) is 17.4 Å². The molecule has 0 radical (unpaired) electrons. The van der Waals surface area contributed by atoms with Gasteiger partial charge in [-0.3, -0.25) is 0 Å². The Morgan fingerprint density at radius 2 is 1.95 bits per heavy atom. The number of carboxylic acids is 1. The van der Waals surface area contributed by atoms with E-state index in [0.717, 1.165) is 12.8 Å². The third kappa shape index (κ3) is 2.01. The SMILES string of the molecule is C=C(C(=O)O)C1CCC(C)C2(O)CCC(O)C2(C)C1. The van der Waals surface area contributed by atoms with Crippen LogP contribution >= 0.6 is 0 Å². The van der Waals surface area contributed by atoms with Gasteiger partial charge >= 0.3 is 5.97 Å². The quantitative estimate of drug-likeness (QED) is 0.669. The van der Waals surface area contributed by atoms with Crippen molar-refractivity contribution in [2.24, 2.45) is 17.3 Å². The molecule has 5 unspecified atom stereocenters. The Morgan fingerprint density at radius 1 is 1.32 bits per heavy atom. The number of carbonyl (C=O) groups is 1. The van der Waals surface area contributed by atoms with Gasteiger partial charge in [0.25, 0.3) is 0 Å². The molecule has 0 aromatic heterocycles. The van der Waals surface area contributed by atoms with Gasteiger partial charge in [0.2, 0.25) is 0 Å². The molecule has 0 heterocycles. The number of hydrogen-bond acceptors (Lipinski definition) is 3. The highest BCUT2D eigenvalue weighted by Gasteiger charge is 2.60. The van der Waals surface area contributed by atoms with Gasteiger partial charge in [-0.05, 0) is 43.9 Å². The Labute approximate surface area is 114 Å².